The summed E-state index contributed by atoms with van der Waals surface area (Å²) in [6.07, 6.45) is 7.93. The van der Waals surface area contributed by atoms with Gasteiger partial charge in [-0.3, -0.25) is 0 Å². The lowest BCUT2D eigenvalue weighted by Crippen LogP contribution is -2.41. The van der Waals surface area contributed by atoms with Crippen LogP contribution < -0.4 is 10.6 Å². The zero-order valence-electron chi connectivity index (χ0n) is 13.0. The smallest absolute Gasteiger partial charge is 0.0459 e. The second kappa shape index (κ2) is 6.58. The maximum absolute atomic E-state index is 6.45. The van der Waals surface area contributed by atoms with Crippen molar-refractivity contribution in [2.75, 3.05) is 18.0 Å². The first-order valence-corrected chi connectivity index (χ1v) is 8.80. The van der Waals surface area contributed by atoms with Gasteiger partial charge >= 0.3 is 0 Å². The van der Waals surface area contributed by atoms with E-state index in [0.717, 1.165) is 23.3 Å². The van der Waals surface area contributed by atoms with Gasteiger partial charge in [-0.25, -0.2) is 0 Å². The van der Waals surface area contributed by atoms with Gasteiger partial charge in [0.15, 0.2) is 0 Å². The Kier molecular flexibility index (Phi) is 4.75. The van der Waals surface area contributed by atoms with Crippen molar-refractivity contribution in [2.45, 2.75) is 51.5 Å². The highest BCUT2D eigenvalue weighted by molar-refractivity contribution is 6.31. The van der Waals surface area contributed by atoms with Crippen molar-refractivity contribution in [2.24, 2.45) is 17.6 Å². The summed E-state index contributed by atoms with van der Waals surface area (Å²) in [6.45, 7) is 4.43. The molecule has 1 aromatic rings. The normalized spacial score (nSPS) is 27.3. The van der Waals surface area contributed by atoms with Crippen molar-refractivity contribution >= 4 is 17.3 Å². The highest BCUT2D eigenvalue weighted by atomic mass is 35.5. The van der Waals surface area contributed by atoms with E-state index in [9.17, 15) is 0 Å². The van der Waals surface area contributed by atoms with Crippen molar-refractivity contribution in [1.29, 1.82) is 0 Å². The standard InChI is InChI=1S/C18H27ClN2/c1-13(20)10-15-6-7-17(11-18(15)19)21-9-8-14-4-2-3-5-16(14)12-21/h6-7,11,13-14,16H,2-5,8-10,12,20H2,1H3. The molecule has 1 aliphatic carbocycles. The third-order valence-corrected chi connectivity index (χ3v) is 5.59. The molecule has 1 saturated heterocycles. The molecule has 1 aliphatic heterocycles. The molecule has 3 atom stereocenters. The number of fused-ring (bicyclic) bond motifs is 1. The van der Waals surface area contributed by atoms with E-state index in [2.05, 4.69) is 23.1 Å². The molecule has 2 aliphatic rings. The summed E-state index contributed by atoms with van der Waals surface area (Å²) in [5, 5.41) is 0.871. The van der Waals surface area contributed by atoms with Crippen LogP contribution in [0.5, 0.6) is 0 Å². The molecule has 3 unspecified atom stereocenters. The summed E-state index contributed by atoms with van der Waals surface area (Å²) >= 11 is 6.45. The van der Waals surface area contributed by atoms with Gasteiger partial charge in [-0.05, 0) is 55.7 Å². The summed E-state index contributed by atoms with van der Waals surface area (Å²) < 4.78 is 0. The van der Waals surface area contributed by atoms with E-state index < -0.39 is 0 Å². The number of nitrogens with zero attached hydrogens (tertiary/aromatic N) is 1. The fourth-order valence-corrected chi connectivity index (χ4v) is 4.33. The molecular formula is C18H27ClN2. The monoisotopic (exact) mass is 306 g/mol. The Morgan fingerprint density at radius 2 is 2.00 bits per heavy atom. The first-order chi connectivity index (χ1) is 10.1. The number of hydrogen-bond donors (Lipinski definition) is 1. The average Bonchev–Trinajstić information content (AvgIpc) is 2.48. The van der Waals surface area contributed by atoms with E-state index >= 15 is 0 Å². The lowest BCUT2D eigenvalue weighted by Gasteiger charge is -2.42. The van der Waals surface area contributed by atoms with Crippen LogP contribution in [0.1, 0.15) is 44.6 Å². The molecule has 0 bridgehead atoms. The Balaban J connectivity index is 1.70. The first kappa shape index (κ1) is 15.2. The van der Waals surface area contributed by atoms with Crippen molar-refractivity contribution in [3.8, 4) is 0 Å². The summed E-state index contributed by atoms with van der Waals surface area (Å²) in [4.78, 5) is 2.54. The molecule has 0 amide bonds. The number of piperidine rings is 1. The molecule has 2 nitrogen and oxygen atoms in total. The molecule has 2 N–H and O–H groups in total. The van der Waals surface area contributed by atoms with Crippen molar-refractivity contribution in [1.82, 2.24) is 0 Å². The predicted molar refractivity (Wildman–Crippen MR) is 91.1 cm³/mol. The number of nitrogens with two attached hydrogens (primary N) is 1. The molecule has 3 rings (SSSR count). The number of anilines is 1. The van der Waals surface area contributed by atoms with Crippen LogP contribution in [0.25, 0.3) is 0 Å². The van der Waals surface area contributed by atoms with E-state index in [0.29, 0.717) is 0 Å². The summed E-state index contributed by atoms with van der Waals surface area (Å²) in [7, 11) is 0. The first-order valence-electron chi connectivity index (χ1n) is 8.42. The van der Waals surface area contributed by atoms with Crippen LogP contribution in [0.2, 0.25) is 5.02 Å². The fraction of sp³-hybridized carbons (Fsp3) is 0.667. The molecule has 116 valence electrons. The van der Waals surface area contributed by atoms with Gasteiger partial charge in [0.25, 0.3) is 0 Å². The van der Waals surface area contributed by atoms with Gasteiger partial charge in [-0.15, -0.1) is 0 Å². The number of benzene rings is 1. The van der Waals surface area contributed by atoms with Crippen molar-refractivity contribution < 1.29 is 0 Å². The minimum Gasteiger partial charge on any atom is -0.371 e. The highest BCUT2D eigenvalue weighted by Crippen LogP contribution is 2.38. The lowest BCUT2D eigenvalue weighted by molar-refractivity contribution is 0.202. The SMILES string of the molecule is CC(N)Cc1ccc(N2CCC3CCCCC3C2)cc1Cl. The molecule has 0 aromatic heterocycles. The Morgan fingerprint density at radius 1 is 1.24 bits per heavy atom. The quantitative estimate of drug-likeness (QED) is 0.904. The van der Waals surface area contributed by atoms with E-state index in [4.69, 9.17) is 17.3 Å². The van der Waals surface area contributed by atoms with Gasteiger partial charge in [0.1, 0.15) is 0 Å². The predicted octanol–water partition coefficient (Wildman–Crippen LogP) is 4.25. The summed E-state index contributed by atoms with van der Waals surface area (Å²) in [6, 6.07) is 6.69. The van der Waals surface area contributed by atoms with Gasteiger partial charge in [-0.1, -0.05) is 36.9 Å². The van der Waals surface area contributed by atoms with Gasteiger partial charge in [0, 0.05) is 29.8 Å². The van der Waals surface area contributed by atoms with Crippen LogP contribution in [-0.2, 0) is 6.42 Å². The van der Waals surface area contributed by atoms with E-state index in [1.165, 1.54) is 56.4 Å². The molecule has 1 aromatic carbocycles. The summed E-state index contributed by atoms with van der Waals surface area (Å²) in [5.74, 6) is 1.87. The second-order valence-electron chi connectivity index (χ2n) is 7.00. The van der Waals surface area contributed by atoms with Crippen molar-refractivity contribution in [3.63, 3.8) is 0 Å². The molecular weight excluding hydrogens is 280 g/mol. The zero-order chi connectivity index (χ0) is 14.8. The van der Waals surface area contributed by atoms with Crippen molar-refractivity contribution in [3.05, 3.63) is 28.8 Å². The van der Waals surface area contributed by atoms with Crippen LogP contribution in [0.3, 0.4) is 0 Å². The maximum atomic E-state index is 6.45. The van der Waals surface area contributed by atoms with E-state index in [-0.39, 0.29) is 6.04 Å². The van der Waals surface area contributed by atoms with Crippen LogP contribution in [0.15, 0.2) is 18.2 Å². The van der Waals surface area contributed by atoms with Gasteiger partial charge in [-0.2, -0.15) is 0 Å². The Morgan fingerprint density at radius 3 is 2.71 bits per heavy atom. The lowest BCUT2D eigenvalue weighted by atomic mass is 9.75. The van der Waals surface area contributed by atoms with Gasteiger partial charge in [0.05, 0.1) is 0 Å². The summed E-state index contributed by atoms with van der Waals surface area (Å²) in [5.41, 5.74) is 8.34. The van der Waals surface area contributed by atoms with E-state index in [1.807, 2.05) is 6.92 Å². The topological polar surface area (TPSA) is 29.3 Å². The molecule has 1 saturated carbocycles. The maximum Gasteiger partial charge on any atom is 0.0459 e. The molecule has 0 spiro atoms. The number of halogens is 1. The third-order valence-electron chi connectivity index (χ3n) is 5.23. The second-order valence-corrected chi connectivity index (χ2v) is 7.40. The van der Waals surface area contributed by atoms with Crippen LogP contribution in [0.4, 0.5) is 5.69 Å². The Hall–Kier alpha value is -0.730. The van der Waals surface area contributed by atoms with Crippen LogP contribution >= 0.6 is 11.6 Å². The minimum absolute atomic E-state index is 0.159. The van der Waals surface area contributed by atoms with Gasteiger partial charge in [0.2, 0.25) is 0 Å². The molecule has 3 heteroatoms. The molecule has 21 heavy (non-hydrogen) atoms. The Labute approximate surface area is 133 Å². The largest absolute Gasteiger partial charge is 0.371 e. The van der Waals surface area contributed by atoms with E-state index in [1.54, 1.807) is 0 Å². The van der Waals surface area contributed by atoms with Crippen LogP contribution in [0, 0.1) is 11.8 Å². The minimum atomic E-state index is 0.159. The molecule has 2 fully saturated rings. The third kappa shape index (κ3) is 3.54. The van der Waals surface area contributed by atoms with Gasteiger partial charge < -0.3 is 10.6 Å². The zero-order valence-corrected chi connectivity index (χ0v) is 13.8. The fourth-order valence-electron chi connectivity index (χ4n) is 4.08. The average molecular weight is 307 g/mol. The Bertz CT molecular complexity index is 486. The van der Waals surface area contributed by atoms with Crippen LogP contribution in [-0.4, -0.2) is 19.1 Å². The molecule has 1 heterocycles. The highest BCUT2D eigenvalue weighted by Gasteiger charge is 2.31. The molecule has 0 radical (unpaired) electrons. The number of hydrogen-bond acceptors (Lipinski definition) is 2. The number of rotatable bonds is 3.